The molecule has 0 aliphatic heterocycles. The van der Waals surface area contributed by atoms with Crippen LogP contribution in [0.4, 0.5) is 10.1 Å². The molecule has 1 aliphatic carbocycles. The van der Waals surface area contributed by atoms with E-state index in [4.69, 9.17) is 0 Å². The van der Waals surface area contributed by atoms with Gasteiger partial charge in [0, 0.05) is 36.8 Å². The van der Waals surface area contributed by atoms with Gasteiger partial charge in [-0.2, -0.15) is 4.39 Å². The molecule has 0 aromatic heterocycles. The number of hydrogen-bond acceptors (Lipinski definition) is 4. The molecule has 0 heterocycles. The fraction of sp³-hybridized carbons (Fsp3) is 0.571. The molecule has 1 N–H and O–H groups in total. The van der Waals surface area contributed by atoms with Crippen molar-refractivity contribution in [1.29, 1.82) is 0 Å². The van der Waals surface area contributed by atoms with Crippen molar-refractivity contribution in [1.82, 2.24) is 10.2 Å². The predicted molar refractivity (Wildman–Crippen MR) is 75.0 cm³/mol. The van der Waals surface area contributed by atoms with E-state index in [1.54, 1.807) is 6.07 Å². The summed E-state index contributed by atoms with van der Waals surface area (Å²) in [5.74, 6) is -0.742. The maximum atomic E-state index is 13.9. The summed E-state index contributed by atoms with van der Waals surface area (Å²) in [6, 6.07) is 5.32. The minimum absolute atomic E-state index is 0.302. The van der Waals surface area contributed by atoms with Crippen LogP contribution in [0.25, 0.3) is 0 Å². The van der Waals surface area contributed by atoms with Gasteiger partial charge in [0.15, 0.2) is 0 Å². The van der Waals surface area contributed by atoms with Crippen LogP contribution in [0.5, 0.6) is 0 Å². The second kappa shape index (κ2) is 6.28. The van der Waals surface area contributed by atoms with Crippen molar-refractivity contribution in [3.8, 4) is 0 Å². The average molecular weight is 281 g/mol. The van der Waals surface area contributed by atoms with E-state index in [2.05, 4.69) is 24.2 Å². The lowest BCUT2D eigenvalue weighted by Gasteiger charge is -2.24. The van der Waals surface area contributed by atoms with Gasteiger partial charge >= 0.3 is 5.69 Å². The molecule has 1 fully saturated rings. The van der Waals surface area contributed by atoms with Gasteiger partial charge in [-0.25, -0.2) is 0 Å². The Morgan fingerprint density at radius 3 is 2.85 bits per heavy atom. The summed E-state index contributed by atoms with van der Waals surface area (Å²) in [6.07, 6.45) is 2.50. The summed E-state index contributed by atoms with van der Waals surface area (Å²) in [6.45, 7) is 3.15. The van der Waals surface area contributed by atoms with E-state index in [0.29, 0.717) is 24.2 Å². The highest BCUT2D eigenvalue weighted by Gasteiger charge is 2.28. The first-order chi connectivity index (χ1) is 9.50. The number of nitro benzene ring substituents is 1. The molecular formula is C14H20FN3O2. The van der Waals surface area contributed by atoms with E-state index in [0.717, 1.165) is 6.54 Å². The summed E-state index contributed by atoms with van der Waals surface area (Å²) in [7, 11) is 2.10. The minimum atomic E-state index is -0.742. The van der Waals surface area contributed by atoms with E-state index >= 15 is 0 Å². The van der Waals surface area contributed by atoms with Gasteiger partial charge in [-0.3, -0.25) is 15.0 Å². The predicted octanol–water partition coefficient (Wildman–Crippen LogP) is 2.31. The van der Waals surface area contributed by atoms with Crippen molar-refractivity contribution in [2.75, 3.05) is 13.6 Å². The quantitative estimate of drug-likeness (QED) is 0.615. The lowest BCUT2D eigenvalue weighted by molar-refractivity contribution is -0.387. The molecule has 1 unspecified atom stereocenters. The molecule has 0 bridgehead atoms. The van der Waals surface area contributed by atoms with E-state index in [1.807, 2.05) is 0 Å². The molecule has 0 saturated heterocycles. The van der Waals surface area contributed by atoms with Gasteiger partial charge < -0.3 is 5.32 Å². The molecule has 1 saturated carbocycles. The van der Waals surface area contributed by atoms with Crippen LogP contribution in [-0.2, 0) is 6.54 Å². The van der Waals surface area contributed by atoms with Gasteiger partial charge in [0.05, 0.1) is 4.92 Å². The molecule has 1 atom stereocenters. The molecule has 0 radical (unpaired) electrons. The monoisotopic (exact) mass is 281 g/mol. The molecule has 2 rings (SSSR count). The van der Waals surface area contributed by atoms with Crippen molar-refractivity contribution in [3.63, 3.8) is 0 Å². The van der Waals surface area contributed by atoms with E-state index in [9.17, 15) is 14.5 Å². The summed E-state index contributed by atoms with van der Waals surface area (Å²) in [4.78, 5) is 12.3. The van der Waals surface area contributed by atoms with E-state index < -0.39 is 16.4 Å². The van der Waals surface area contributed by atoms with Gasteiger partial charge in [0.2, 0.25) is 5.82 Å². The van der Waals surface area contributed by atoms with E-state index in [1.165, 1.54) is 25.0 Å². The Morgan fingerprint density at radius 2 is 2.25 bits per heavy atom. The number of benzene rings is 1. The lowest BCUT2D eigenvalue weighted by atomic mass is 10.2. The van der Waals surface area contributed by atoms with Crippen LogP contribution in [0.2, 0.25) is 0 Å². The largest absolute Gasteiger partial charge is 0.311 e. The van der Waals surface area contributed by atoms with Gasteiger partial charge in [-0.15, -0.1) is 0 Å². The third-order valence-corrected chi connectivity index (χ3v) is 3.83. The number of likely N-dealkylation sites (N-methyl/N-ethyl adjacent to an activating group) is 1. The Hall–Kier alpha value is -1.53. The number of nitro groups is 1. The van der Waals surface area contributed by atoms with Gasteiger partial charge in [0.1, 0.15) is 0 Å². The first kappa shape index (κ1) is 14.9. The molecule has 0 amide bonds. The van der Waals surface area contributed by atoms with Crippen LogP contribution in [-0.4, -0.2) is 35.5 Å². The van der Waals surface area contributed by atoms with Crippen LogP contribution in [0.15, 0.2) is 18.2 Å². The summed E-state index contributed by atoms with van der Waals surface area (Å²) in [5.41, 5.74) is -0.132. The van der Waals surface area contributed by atoms with Crippen molar-refractivity contribution >= 4 is 5.69 Å². The minimum Gasteiger partial charge on any atom is -0.311 e. The third-order valence-electron chi connectivity index (χ3n) is 3.83. The fourth-order valence-electron chi connectivity index (χ4n) is 2.25. The summed E-state index contributed by atoms with van der Waals surface area (Å²) < 4.78 is 13.9. The number of nitrogens with zero attached hydrogens (tertiary/aromatic N) is 2. The zero-order valence-electron chi connectivity index (χ0n) is 11.8. The fourth-order valence-corrected chi connectivity index (χ4v) is 2.25. The van der Waals surface area contributed by atoms with Crippen molar-refractivity contribution in [2.45, 2.75) is 38.4 Å². The van der Waals surface area contributed by atoms with Crippen LogP contribution in [0.1, 0.15) is 25.3 Å². The first-order valence-corrected chi connectivity index (χ1v) is 6.85. The van der Waals surface area contributed by atoms with Gasteiger partial charge in [-0.05, 0) is 26.8 Å². The topological polar surface area (TPSA) is 58.4 Å². The van der Waals surface area contributed by atoms with Crippen LogP contribution in [0, 0.1) is 15.9 Å². The van der Waals surface area contributed by atoms with Crippen LogP contribution in [0.3, 0.4) is 0 Å². The second-order valence-electron chi connectivity index (χ2n) is 5.38. The Kier molecular flexibility index (Phi) is 4.67. The third kappa shape index (κ3) is 3.52. The van der Waals surface area contributed by atoms with Crippen molar-refractivity contribution in [2.24, 2.45) is 0 Å². The Bertz CT molecular complexity index is 491. The van der Waals surface area contributed by atoms with Crippen LogP contribution >= 0.6 is 0 Å². The molecule has 1 aromatic rings. The highest BCUT2D eigenvalue weighted by Crippen LogP contribution is 2.26. The standard InChI is InChI=1S/C14H20FN3O2/c1-10(17(2)12-6-7-12)8-16-9-11-4-3-5-13(14(11)15)18(19)20/h3-5,10,12,16H,6-9H2,1-2H3. The number of nitrogens with one attached hydrogen (secondary N) is 1. The number of rotatable bonds is 7. The zero-order valence-corrected chi connectivity index (χ0v) is 11.8. The van der Waals surface area contributed by atoms with Crippen molar-refractivity contribution < 1.29 is 9.31 Å². The highest BCUT2D eigenvalue weighted by molar-refractivity contribution is 5.36. The maximum Gasteiger partial charge on any atom is 0.305 e. The first-order valence-electron chi connectivity index (χ1n) is 6.85. The highest BCUT2D eigenvalue weighted by atomic mass is 19.1. The normalized spacial score (nSPS) is 16.4. The Labute approximate surface area is 117 Å². The number of halogens is 1. The van der Waals surface area contributed by atoms with E-state index in [-0.39, 0.29) is 0 Å². The van der Waals surface area contributed by atoms with Crippen molar-refractivity contribution in [3.05, 3.63) is 39.7 Å². The van der Waals surface area contributed by atoms with Gasteiger partial charge in [-0.1, -0.05) is 12.1 Å². The summed E-state index contributed by atoms with van der Waals surface area (Å²) >= 11 is 0. The average Bonchev–Trinajstić information content (AvgIpc) is 3.23. The molecule has 1 aromatic carbocycles. The Balaban J connectivity index is 1.87. The maximum absolute atomic E-state index is 13.9. The SMILES string of the molecule is CC(CNCc1cccc([N+](=O)[O-])c1F)N(C)C1CC1. The molecule has 5 nitrogen and oxygen atoms in total. The lowest BCUT2D eigenvalue weighted by Crippen LogP contribution is -2.39. The van der Waals surface area contributed by atoms with Gasteiger partial charge in [0.25, 0.3) is 0 Å². The molecule has 0 spiro atoms. The molecule has 1 aliphatic rings. The molecule has 6 heteroatoms. The molecule has 20 heavy (non-hydrogen) atoms. The zero-order chi connectivity index (χ0) is 14.7. The van der Waals surface area contributed by atoms with Crippen LogP contribution < -0.4 is 5.32 Å². The second-order valence-corrected chi connectivity index (χ2v) is 5.38. The molecule has 110 valence electrons. The smallest absolute Gasteiger partial charge is 0.305 e. The molecular weight excluding hydrogens is 261 g/mol. The Morgan fingerprint density at radius 1 is 1.55 bits per heavy atom. The summed E-state index contributed by atoms with van der Waals surface area (Å²) in [5, 5.41) is 13.8. The number of hydrogen-bond donors (Lipinski definition) is 1.